The lowest BCUT2D eigenvalue weighted by atomic mass is 9.79. The number of hydrogen-bond donors (Lipinski definition) is 2. The van der Waals surface area contributed by atoms with Gasteiger partial charge in [-0.2, -0.15) is 0 Å². The van der Waals surface area contributed by atoms with Crippen LogP contribution in [0.2, 0.25) is 0 Å². The van der Waals surface area contributed by atoms with Crippen LogP contribution in [-0.4, -0.2) is 30.4 Å². The van der Waals surface area contributed by atoms with Crippen LogP contribution in [-0.2, 0) is 0 Å². The standard InChI is InChI=1S/C10H13BF2O4/c1-3-16-6-5-7(17-4-2)10(13)8(9(6)12)11(14)15/h5,14-15H,3-4H2,1-2H3. The highest BCUT2D eigenvalue weighted by Gasteiger charge is 2.28. The molecule has 0 amide bonds. The van der Waals surface area contributed by atoms with Gasteiger partial charge in [0, 0.05) is 6.07 Å². The molecule has 2 N–H and O–H groups in total. The van der Waals surface area contributed by atoms with E-state index >= 15 is 0 Å². The summed E-state index contributed by atoms with van der Waals surface area (Å²) >= 11 is 0. The summed E-state index contributed by atoms with van der Waals surface area (Å²) in [6.45, 7) is 3.57. The predicted octanol–water partition coefficient (Wildman–Crippen LogP) is 0.442. The third kappa shape index (κ3) is 2.86. The molecule has 0 aliphatic heterocycles. The monoisotopic (exact) mass is 246 g/mol. The van der Waals surface area contributed by atoms with Crippen molar-refractivity contribution in [3.8, 4) is 11.5 Å². The van der Waals surface area contributed by atoms with Crippen LogP contribution in [0, 0.1) is 11.6 Å². The Kier molecular flexibility index (Phi) is 4.71. The third-order valence-electron chi connectivity index (χ3n) is 2.03. The molecule has 1 aromatic rings. The molecule has 0 radical (unpaired) electrons. The molecule has 0 unspecified atom stereocenters. The van der Waals surface area contributed by atoms with Crippen LogP contribution in [0.3, 0.4) is 0 Å². The minimum atomic E-state index is -2.27. The highest BCUT2D eigenvalue weighted by atomic mass is 19.1. The van der Waals surface area contributed by atoms with Gasteiger partial charge in [0.15, 0.2) is 23.1 Å². The van der Waals surface area contributed by atoms with Gasteiger partial charge in [-0.15, -0.1) is 0 Å². The molecule has 0 spiro atoms. The lowest BCUT2D eigenvalue weighted by Crippen LogP contribution is -2.36. The first kappa shape index (κ1) is 13.7. The number of benzene rings is 1. The normalized spacial score (nSPS) is 10.2. The van der Waals surface area contributed by atoms with Crippen LogP contribution < -0.4 is 14.9 Å². The molecule has 1 rings (SSSR count). The van der Waals surface area contributed by atoms with Gasteiger partial charge in [0.1, 0.15) is 0 Å². The van der Waals surface area contributed by atoms with E-state index in [1.807, 2.05) is 0 Å². The molecule has 0 aliphatic rings. The summed E-state index contributed by atoms with van der Waals surface area (Å²) in [7, 11) is -2.27. The van der Waals surface area contributed by atoms with Gasteiger partial charge in [-0.05, 0) is 13.8 Å². The van der Waals surface area contributed by atoms with Crippen molar-refractivity contribution in [3.63, 3.8) is 0 Å². The SMILES string of the molecule is CCOc1cc(OCC)c(F)c(B(O)O)c1F. The summed E-state index contributed by atoms with van der Waals surface area (Å²) in [6, 6.07) is 1.05. The Morgan fingerprint density at radius 3 is 1.76 bits per heavy atom. The average Bonchev–Trinajstić information content (AvgIpc) is 2.25. The maximum atomic E-state index is 13.7. The summed E-state index contributed by atoms with van der Waals surface area (Å²) in [4.78, 5) is 0. The van der Waals surface area contributed by atoms with Crippen molar-refractivity contribution < 1.29 is 28.3 Å². The minimum absolute atomic E-state index is 0.162. The van der Waals surface area contributed by atoms with Gasteiger partial charge in [0.2, 0.25) is 0 Å². The Labute approximate surface area is 97.9 Å². The highest BCUT2D eigenvalue weighted by molar-refractivity contribution is 6.59. The smallest absolute Gasteiger partial charge is 0.491 e. The van der Waals surface area contributed by atoms with E-state index in [1.165, 1.54) is 0 Å². The first-order chi connectivity index (χ1) is 8.02. The molecule has 0 fully saturated rings. The zero-order valence-electron chi connectivity index (χ0n) is 9.54. The number of ether oxygens (including phenoxy) is 2. The van der Waals surface area contributed by atoms with Crippen LogP contribution in [0.1, 0.15) is 13.8 Å². The van der Waals surface area contributed by atoms with Crippen molar-refractivity contribution in [2.75, 3.05) is 13.2 Å². The Balaban J connectivity index is 3.35. The van der Waals surface area contributed by atoms with Gasteiger partial charge in [-0.1, -0.05) is 0 Å². The van der Waals surface area contributed by atoms with E-state index < -0.39 is 24.2 Å². The van der Waals surface area contributed by atoms with Crippen molar-refractivity contribution >= 4 is 12.6 Å². The second-order valence-electron chi connectivity index (χ2n) is 3.15. The summed E-state index contributed by atoms with van der Waals surface area (Å²) in [6.07, 6.45) is 0. The lowest BCUT2D eigenvalue weighted by Gasteiger charge is -2.13. The van der Waals surface area contributed by atoms with Gasteiger partial charge < -0.3 is 19.5 Å². The predicted molar refractivity (Wildman–Crippen MR) is 58.5 cm³/mol. The van der Waals surface area contributed by atoms with Crippen molar-refractivity contribution in [1.82, 2.24) is 0 Å². The molecule has 4 nitrogen and oxygen atoms in total. The van der Waals surface area contributed by atoms with Crippen LogP contribution in [0.5, 0.6) is 11.5 Å². The molecule has 0 aliphatic carbocycles. The van der Waals surface area contributed by atoms with Gasteiger partial charge in [0.05, 0.1) is 18.7 Å². The van der Waals surface area contributed by atoms with E-state index in [9.17, 15) is 8.78 Å². The van der Waals surface area contributed by atoms with Crippen LogP contribution in [0.25, 0.3) is 0 Å². The first-order valence-corrected chi connectivity index (χ1v) is 5.16. The molecule has 7 heteroatoms. The molecule has 94 valence electrons. The Morgan fingerprint density at radius 1 is 1.06 bits per heavy atom. The maximum Gasteiger partial charge on any atom is 0.494 e. The van der Waals surface area contributed by atoms with E-state index in [2.05, 4.69) is 0 Å². The van der Waals surface area contributed by atoms with Gasteiger partial charge in [-0.3, -0.25) is 0 Å². The summed E-state index contributed by atoms with van der Waals surface area (Å²) < 4.78 is 37.2. The maximum absolute atomic E-state index is 13.7. The molecule has 0 heterocycles. The van der Waals surface area contributed by atoms with E-state index in [-0.39, 0.29) is 24.7 Å². The van der Waals surface area contributed by atoms with Crippen molar-refractivity contribution in [3.05, 3.63) is 17.7 Å². The van der Waals surface area contributed by atoms with Crippen LogP contribution >= 0.6 is 0 Å². The topological polar surface area (TPSA) is 58.9 Å². The second-order valence-corrected chi connectivity index (χ2v) is 3.15. The molecule has 0 saturated heterocycles. The fourth-order valence-corrected chi connectivity index (χ4v) is 1.36. The number of halogens is 2. The minimum Gasteiger partial charge on any atom is -0.491 e. The van der Waals surface area contributed by atoms with E-state index in [0.717, 1.165) is 6.07 Å². The van der Waals surface area contributed by atoms with Crippen molar-refractivity contribution in [2.45, 2.75) is 13.8 Å². The molecular formula is C10H13BF2O4. The summed E-state index contributed by atoms with van der Waals surface area (Å²) in [5, 5.41) is 17.9. The first-order valence-electron chi connectivity index (χ1n) is 5.16. The van der Waals surface area contributed by atoms with E-state index in [1.54, 1.807) is 13.8 Å². The zero-order chi connectivity index (χ0) is 13.0. The van der Waals surface area contributed by atoms with Gasteiger partial charge >= 0.3 is 7.12 Å². The molecule has 17 heavy (non-hydrogen) atoms. The average molecular weight is 246 g/mol. The molecule has 0 atom stereocenters. The van der Waals surface area contributed by atoms with Gasteiger partial charge in [0.25, 0.3) is 0 Å². The van der Waals surface area contributed by atoms with E-state index in [4.69, 9.17) is 19.5 Å². The molecule has 0 saturated carbocycles. The quantitative estimate of drug-likeness (QED) is 0.740. The zero-order valence-corrected chi connectivity index (χ0v) is 9.54. The fourth-order valence-electron chi connectivity index (χ4n) is 1.36. The van der Waals surface area contributed by atoms with Crippen molar-refractivity contribution in [2.24, 2.45) is 0 Å². The highest BCUT2D eigenvalue weighted by Crippen LogP contribution is 2.26. The van der Waals surface area contributed by atoms with Crippen molar-refractivity contribution in [1.29, 1.82) is 0 Å². The third-order valence-corrected chi connectivity index (χ3v) is 2.03. The fraction of sp³-hybridized carbons (Fsp3) is 0.400. The van der Waals surface area contributed by atoms with Crippen LogP contribution in [0.15, 0.2) is 6.07 Å². The summed E-state index contributed by atoms with van der Waals surface area (Å²) in [5.74, 6) is -2.83. The van der Waals surface area contributed by atoms with E-state index in [0.29, 0.717) is 0 Å². The second kappa shape index (κ2) is 5.83. The summed E-state index contributed by atoms with van der Waals surface area (Å²) in [5.41, 5.74) is -0.876. The molecular weight excluding hydrogens is 233 g/mol. The molecule has 0 bridgehead atoms. The lowest BCUT2D eigenvalue weighted by molar-refractivity contribution is 0.299. The molecule has 1 aromatic carbocycles. The number of rotatable bonds is 5. The largest absolute Gasteiger partial charge is 0.494 e. The van der Waals surface area contributed by atoms with Crippen LogP contribution in [0.4, 0.5) is 8.78 Å². The molecule has 0 aromatic heterocycles. The number of hydrogen-bond acceptors (Lipinski definition) is 4. The van der Waals surface area contributed by atoms with Gasteiger partial charge in [-0.25, -0.2) is 8.78 Å². The Hall–Kier alpha value is -1.34. The Bertz CT molecular complexity index is 368. The Morgan fingerprint density at radius 2 is 1.47 bits per heavy atom.